The highest BCUT2D eigenvalue weighted by atomic mass is 16.4. The van der Waals surface area contributed by atoms with Crippen molar-refractivity contribution in [1.29, 1.82) is 0 Å². The van der Waals surface area contributed by atoms with Crippen molar-refractivity contribution in [3.8, 4) is 0 Å². The van der Waals surface area contributed by atoms with E-state index in [4.69, 9.17) is 5.11 Å². The summed E-state index contributed by atoms with van der Waals surface area (Å²) >= 11 is 0. The molecule has 94 valence electrons. The Bertz CT molecular complexity index is 400. The van der Waals surface area contributed by atoms with Crippen LogP contribution in [0.15, 0.2) is 12.5 Å². The van der Waals surface area contributed by atoms with Crippen LogP contribution in [0.4, 0.5) is 0 Å². The molecule has 0 saturated carbocycles. The number of nitrogens with zero attached hydrogens (tertiary/aromatic N) is 3. The lowest BCUT2D eigenvalue weighted by atomic mass is 10.2. The van der Waals surface area contributed by atoms with Crippen molar-refractivity contribution in [3.63, 3.8) is 0 Å². The van der Waals surface area contributed by atoms with Crippen LogP contribution in [0.2, 0.25) is 0 Å². The van der Waals surface area contributed by atoms with Crippen molar-refractivity contribution in [2.45, 2.75) is 45.3 Å². The van der Waals surface area contributed by atoms with E-state index in [1.807, 2.05) is 17.4 Å². The van der Waals surface area contributed by atoms with Crippen molar-refractivity contribution < 1.29 is 9.90 Å². The molecule has 5 nitrogen and oxygen atoms in total. The number of hydrogen-bond donors (Lipinski definition) is 1. The van der Waals surface area contributed by atoms with E-state index in [-0.39, 0.29) is 6.04 Å². The highest BCUT2D eigenvalue weighted by Crippen LogP contribution is 2.21. The predicted octanol–water partition coefficient (Wildman–Crippen LogP) is 1.51. The monoisotopic (exact) mass is 237 g/mol. The maximum Gasteiger partial charge on any atom is 0.320 e. The Hall–Kier alpha value is -1.36. The maximum absolute atomic E-state index is 11.1. The van der Waals surface area contributed by atoms with Gasteiger partial charge in [-0.05, 0) is 33.2 Å². The average Bonchev–Trinajstić information content (AvgIpc) is 2.86. The molecule has 2 rings (SSSR count). The second-order valence-electron chi connectivity index (χ2n) is 4.85. The van der Waals surface area contributed by atoms with Gasteiger partial charge in [-0.15, -0.1) is 0 Å². The molecular weight excluding hydrogens is 218 g/mol. The summed E-state index contributed by atoms with van der Waals surface area (Å²) in [7, 11) is 0. The van der Waals surface area contributed by atoms with Gasteiger partial charge in [0.1, 0.15) is 6.04 Å². The van der Waals surface area contributed by atoms with E-state index in [0.29, 0.717) is 12.6 Å². The lowest BCUT2D eigenvalue weighted by Gasteiger charge is -2.22. The summed E-state index contributed by atoms with van der Waals surface area (Å²) < 4.78 is 2.09. The minimum Gasteiger partial charge on any atom is -0.480 e. The number of rotatable bonds is 4. The van der Waals surface area contributed by atoms with Crippen LogP contribution in [0.3, 0.4) is 0 Å². The number of imidazole rings is 1. The summed E-state index contributed by atoms with van der Waals surface area (Å²) in [6, 6.07) is 0.0314. The van der Waals surface area contributed by atoms with Gasteiger partial charge in [0.2, 0.25) is 0 Å². The normalized spacial score (nSPS) is 21.2. The molecule has 0 radical (unpaired) electrons. The van der Waals surface area contributed by atoms with Crippen LogP contribution < -0.4 is 0 Å². The van der Waals surface area contributed by atoms with Gasteiger partial charge < -0.3 is 9.67 Å². The molecule has 1 saturated heterocycles. The zero-order chi connectivity index (χ0) is 12.4. The topological polar surface area (TPSA) is 58.4 Å². The van der Waals surface area contributed by atoms with E-state index in [2.05, 4.69) is 23.4 Å². The summed E-state index contributed by atoms with van der Waals surface area (Å²) in [6.45, 7) is 5.74. The lowest BCUT2D eigenvalue weighted by Crippen LogP contribution is -2.35. The second-order valence-corrected chi connectivity index (χ2v) is 4.85. The van der Waals surface area contributed by atoms with Crippen molar-refractivity contribution in [1.82, 2.24) is 14.5 Å². The van der Waals surface area contributed by atoms with Crippen LogP contribution in [0.25, 0.3) is 0 Å². The van der Waals surface area contributed by atoms with Crippen LogP contribution in [0.1, 0.15) is 38.4 Å². The molecular formula is C12H19N3O2. The van der Waals surface area contributed by atoms with Gasteiger partial charge in [-0.3, -0.25) is 9.69 Å². The van der Waals surface area contributed by atoms with Crippen LogP contribution in [-0.4, -0.2) is 38.1 Å². The zero-order valence-electron chi connectivity index (χ0n) is 10.3. The Labute approximate surface area is 101 Å². The number of hydrogen-bond acceptors (Lipinski definition) is 3. The largest absolute Gasteiger partial charge is 0.480 e. The highest BCUT2D eigenvalue weighted by Gasteiger charge is 2.30. The molecule has 0 aromatic carbocycles. The fraction of sp³-hybridized carbons (Fsp3) is 0.667. The molecule has 1 aromatic heterocycles. The SMILES string of the molecule is CC(C)n1cncc1CN1CCCC1C(=O)O. The van der Waals surface area contributed by atoms with E-state index in [0.717, 1.165) is 25.1 Å². The summed E-state index contributed by atoms with van der Waals surface area (Å²) in [6.07, 6.45) is 5.36. The summed E-state index contributed by atoms with van der Waals surface area (Å²) in [5.41, 5.74) is 1.09. The quantitative estimate of drug-likeness (QED) is 0.862. The number of carbonyl (C=O) groups is 1. The number of carboxylic acid groups (broad SMARTS) is 1. The molecule has 0 bridgehead atoms. The molecule has 1 unspecified atom stereocenters. The molecule has 2 heterocycles. The van der Waals surface area contributed by atoms with E-state index in [9.17, 15) is 4.79 Å². The maximum atomic E-state index is 11.1. The molecule has 17 heavy (non-hydrogen) atoms. The molecule has 0 aliphatic carbocycles. The third kappa shape index (κ3) is 2.49. The highest BCUT2D eigenvalue weighted by molar-refractivity contribution is 5.73. The van der Waals surface area contributed by atoms with Gasteiger partial charge in [-0.1, -0.05) is 0 Å². The van der Waals surface area contributed by atoms with Gasteiger partial charge in [0.05, 0.1) is 12.0 Å². The van der Waals surface area contributed by atoms with Crippen molar-refractivity contribution in [2.75, 3.05) is 6.54 Å². The first-order valence-corrected chi connectivity index (χ1v) is 6.07. The first kappa shape index (κ1) is 12.1. The fourth-order valence-electron chi connectivity index (χ4n) is 2.42. The number of carboxylic acids is 1. The van der Waals surface area contributed by atoms with Crippen molar-refractivity contribution in [2.24, 2.45) is 0 Å². The van der Waals surface area contributed by atoms with Gasteiger partial charge in [0, 0.05) is 18.8 Å². The second kappa shape index (κ2) is 4.87. The summed E-state index contributed by atoms with van der Waals surface area (Å²) in [4.78, 5) is 17.3. The first-order chi connectivity index (χ1) is 8.09. The Balaban J connectivity index is 2.10. The predicted molar refractivity (Wildman–Crippen MR) is 63.7 cm³/mol. The Morgan fingerprint density at radius 1 is 1.65 bits per heavy atom. The number of likely N-dealkylation sites (tertiary alicyclic amines) is 1. The Morgan fingerprint density at radius 3 is 3.06 bits per heavy atom. The van der Waals surface area contributed by atoms with Crippen molar-refractivity contribution >= 4 is 5.97 Å². The minimum absolute atomic E-state index is 0.328. The first-order valence-electron chi connectivity index (χ1n) is 6.07. The molecule has 0 spiro atoms. The third-order valence-corrected chi connectivity index (χ3v) is 3.32. The molecule has 1 aromatic rings. The fourth-order valence-corrected chi connectivity index (χ4v) is 2.42. The van der Waals surface area contributed by atoms with E-state index in [1.54, 1.807) is 0 Å². The summed E-state index contributed by atoms with van der Waals surface area (Å²) in [5, 5.41) is 9.13. The average molecular weight is 237 g/mol. The van der Waals surface area contributed by atoms with Gasteiger partial charge in [0.25, 0.3) is 0 Å². The Kier molecular flexibility index (Phi) is 3.47. The van der Waals surface area contributed by atoms with Gasteiger partial charge in [-0.25, -0.2) is 4.98 Å². The lowest BCUT2D eigenvalue weighted by molar-refractivity contribution is -0.142. The third-order valence-electron chi connectivity index (χ3n) is 3.32. The molecule has 1 atom stereocenters. The van der Waals surface area contributed by atoms with E-state index in [1.165, 1.54) is 0 Å². The molecule has 5 heteroatoms. The van der Waals surface area contributed by atoms with Crippen LogP contribution in [0.5, 0.6) is 0 Å². The minimum atomic E-state index is -0.710. The number of aliphatic carboxylic acids is 1. The molecule has 1 N–H and O–H groups in total. The molecule has 1 aliphatic heterocycles. The molecule has 1 fully saturated rings. The van der Waals surface area contributed by atoms with E-state index < -0.39 is 5.97 Å². The molecule has 1 aliphatic rings. The number of aromatic nitrogens is 2. The van der Waals surface area contributed by atoms with Crippen LogP contribution >= 0.6 is 0 Å². The van der Waals surface area contributed by atoms with Gasteiger partial charge in [0.15, 0.2) is 0 Å². The smallest absolute Gasteiger partial charge is 0.320 e. The zero-order valence-corrected chi connectivity index (χ0v) is 10.3. The van der Waals surface area contributed by atoms with E-state index >= 15 is 0 Å². The molecule has 0 amide bonds. The summed E-state index contributed by atoms with van der Waals surface area (Å²) in [5.74, 6) is -0.710. The van der Waals surface area contributed by atoms with Crippen molar-refractivity contribution in [3.05, 3.63) is 18.2 Å². The van der Waals surface area contributed by atoms with Gasteiger partial charge >= 0.3 is 5.97 Å². The Morgan fingerprint density at radius 2 is 2.41 bits per heavy atom. The standard InChI is InChI=1S/C12H19N3O2/c1-9(2)15-8-13-6-10(15)7-14-5-3-4-11(14)12(16)17/h6,8-9,11H,3-5,7H2,1-2H3,(H,16,17). The van der Waals surface area contributed by atoms with Crippen LogP contribution in [0, 0.1) is 0 Å². The van der Waals surface area contributed by atoms with Crippen LogP contribution in [-0.2, 0) is 11.3 Å². The van der Waals surface area contributed by atoms with Gasteiger partial charge in [-0.2, -0.15) is 0 Å².